The molecule has 0 aromatic carbocycles. The molecular formula is C10H17N3O2. The second kappa shape index (κ2) is 4.18. The maximum Gasteiger partial charge on any atom is 0.321 e. The number of rotatable bonds is 3. The first-order chi connectivity index (χ1) is 7.24. The van der Waals surface area contributed by atoms with Crippen LogP contribution in [0.15, 0.2) is 4.52 Å². The Balaban J connectivity index is 2.12. The van der Waals surface area contributed by atoms with Gasteiger partial charge in [0.05, 0.1) is 0 Å². The third-order valence-electron chi connectivity index (χ3n) is 2.70. The van der Waals surface area contributed by atoms with E-state index in [1.54, 1.807) is 0 Å². The molecule has 2 heterocycles. The van der Waals surface area contributed by atoms with Gasteiger partial charge in [0.2, 0.25) is 5.82 Å². The largest absolute Gasteiger partial charge is 0.367 e. The second-order valence-electron chi connectivity index (χ2n) is 3.99. The van der Waals surface area contributed by atoms with Crippen molar-refractivity contribution in [3.8, 4) is 0 Å². The molecule has 0 aliphatic carbocycles. The molecule has 0 bridgehead atoms. The Bertz CT molecular complexity index is 318. The lowest BCUT2D eigenvalue weighted by atomic mass is 9.95. The van der Waals surface area contributed by atoms with E-state index in [0.717, 1.165) is 32.4 Å². The van der Waals surface area contributed by atoms with E-state index in [2.05, 4.69) is 15.5 Å². The number of ether oxygens (including phenoxy) is 1. The van der Waals surface area contributed by atoms with Crippen LogP contribution in [0, 0.1) is 0 Å². The quantitative estimate of drug-likeness (QED) is 0.827. The number of hydrogen-bond donors (Lipinski definition) is 1. The Morgan fingerprint density at radius 1 is 1.47 bits per heavy atom. The average molecular weight is 211 g/mol. The van der Waals surface area contributed by atoms with Gasteiger partial charge in [-0.05, 0) is 33.1 Å². The van der Waals surface area contributed by atoms with Gasteiger partial charge in [-0.15, -0.1) is 0 Å². The van der Waals surface area contributed by atoms with Gasteiger partial charge in [-0.25, -0.2) is 0 Å². The number of anilines is 1. The molecule has 1 fully saturated rings. The van der Waals surface area contributed by atoms with E-state index in [-0.39, 0.29) is 5.60 Å². The summed E-state index contributed by atoms with van der Waals surface area (Å²) in [6.07, 6.45) is 3.23. The van der Waals surface area contributed by atoms with Crippen molar-refractivity contribution in [2.75, 3.05) is 18.5 Å². The molecule has 2 rings (SSSR count). The van der Waals surface area contributed by atoms with Gasteiger partial charge < -0.3 is 14.6 Å². The molecule has 5 nitrogen and oxygen atoms in total. The lowest BCUT2D eigenvalue weighted by molar-refractivity contribution is -0.0770. The molecule has 1 N–H and O–H groups in total. The molecule has 0 amide bonds. The van der Waals surface area contributed by atoms with Crippen molar-refractivity contribution in [1.29, 1.82) is 0 Å². The van der Waals surface area contributed by atoms with Crippen LogP contribution in [-0.4, -0.2) is 23.3 Å². The van der Waals surface area contributed by atoms with Crippen LogP contribution in [0.25, 0.3) is 0 Å². The van der Waals surface area contributed by atoms with Crippen LogP contribution >= 0.6 is 0 Å². The van der Waals surface area contributed by atoms with Gasteiger partial charge in [0.25, 0.3) is 0 Å². The van der Waals surface area contributed by atoms with Gasteiger partial charge in [-0.3, -0.25) is 0 Å². The molecular weight excluding hydrogens is 194 g/mol. The predicted molar refractivity (Wildman–Crippen MR) is 55.6 cm³/mol. The Morgan fingerprint density at radius 2 is 2.33 bits per heavy atom. The normalized spacial score (nSPS) is 26.5. The lowest BCUT2D eigenvalue weighted by Gasteiger charge is -2.30. The molecule has 1 atom stereocenters. The highest BCUT2D eigenvalue weighted by molar-refractivity contribution is 5.19. The van der Waals surface area contributed by atoms with Crippen LogP contribution in [-0.2, 0) is 10.3 Å². The van der Waals surface area contributed by atoms with E-state index in [1.165, 1.54) is 0 Å². The van der Waals surface area contributed by atoms with Crippen molar-refractivity contribution < 1.29 is 9.26 Å². The molecule has 1 unspecified atom stereocenters. The Kier molecular flexibility index (Phi) is 2.90. The first-order valence-electron chi connectivity index (χ1n) is 5.46. The monoisotopic (exact) mass is 211 g/mol. The van der Waals surface area contributed by atoms with E-state index >= 15 is 0 Å². The highest BCUT2D eigenvalue weighted by atomic mass is 16.5. The van der Waals surface area contributed by atoms with Crippen LogP contribution in [0.1, 0.15) is 38.9 Å². The van der Waals surface area contributed by atoms with Gasteiger partial charge >= 0.3 is 6.01 Å². The van der Waals surface area contributed by atoms with Gasteiger partial charge in [-0.1, -0.05) is 5.16 Å². The zero-order valence-corrected chi connectivity index (χ0v) is 9.25. The number of aromatic nitrogens is 2. The fourth-order valence-corrected chi connectivity index (χ4v) is 1.77. The summed E-state index contributed by atoms with van der Waals surface area (Å²) < 4.78 is 10.8. The Hall–Kier alpha value is -1.10. The zero-order valence-electron chi connectivity index (χ0n) is 9.25. The van der Waals surface area contributed by atoms with Gasteiger partial charge in [0, 0.05) is 13.2 Å². The maximum atomic E-state index is 5.73. The van der Waals surface area contributed by atoms with Crippen molar-refractivity contribution in [2.24, 2.45) is 0 Å². The minimum absolute atomic E-state index is 0.366. The molecule has 1 aliphatic heterocycles. The predicted octanol–water partition coefficient (Wildman–Crippen LogP) is 1.92. The molecule has 1 saturated heterocycles. The van der Waals surface area contributed by atoms with E-state index < -0.39 is 0 Å². The Morgan fingerprint density at radius 3 is 3.00 bits per heavy atom. The van der Waals surface area contributed by atoms with E-state index in [4.69, 9.17) is 9.26 Å². The van der Waals surface area contributed by atoms with Crippen LogP contribution in [0.4, 0.5) is 6.01 Å². The first-order valence-corrected chi connectivity index (χ1v) is 5.46. The summed E-state index contributed by atoms with van der Waals surface area (Å²) in [6.45, 7) is 5.57. The summed E-state index contributed by atoms with van der Waals surface area (Å²) in [5, 5.41) is 6.95. The number of hydrogen-bond acceptors (Lipinski definition) is 5. The fraction of sp³-hybridized carbons (Fsp3) is 0.800. The molecule has 1 aliphatic rings. The van der Waals surface area contributed by atoms with Crippen molar-refractivity contribution in [3.05, 3.63) is 5.82 Å². The first kappa shape index (κ1) is 10.4. The highest BCUT2D eigenvalue weighted by Crippen LogP contribution is 2.33. The SMILES string of the molecule is CCNc1nc(C2(C)CCCCO2)no1. The standard InChI is InChI=1S/C10H17N3O2/c1-3-11-9-12-8(13-15-9)10(2)6-4-5-7-14-10/h3-7H2,1-2H3,(H,11,12,13). The summed E-state index contributed by atoms with van der Waals surface area (Å²) in [7, 11) is 0. The Labute approximate surface area is 89.2 Å². The minimum Gasteiger partial charge on any atom is -0.367 e. The van der Waals surface area contributed by atoms with Crippen LogP contribution in [0.2, 0.25) is 0 Å². The third-order valence-corrected chi connectivity index (χ3v) is 2.70. The van der Waals surface area contributed by atoms with E-state index in [0.29, 0.717) is 11.8 Å². The fourth-order valence-electron chi connectivity index (χ4n) is 1.77. The van der Waals surface area contributed by atoms with Crippen LogP contribution in [0.3, 0.4) is 0 Å². The highest BCUT2D eigenvalue weighted by Gasteiger charge is 2.34. The zero-order chi connectivity index (χ0) is 10.7. The molecule has 0 saturated carbocycles. The smallest absolute Gasteiger partial charge is 0.321 e. The average Bonchev–Trinajstić information content (AvgIpc) is 2.69. The summed E-state index contributed by atoms with van der Waals surface area (Å²) in [5.74, 6) is 0.651. The van der Waals surface area contributed by atoms with Crippen molar-refractivity contribution in [3.63, 3.8) is 0 Å². The van der Waals surface area contributed by atoms with Gasteiger partial charge in [0.15, 0.2) is 0 Å². The van der Waals surface area contributed by atoms with Gasteiger partial charge in [-0.2, -0.15) is 4.98 Å². The summed E-state index contributed by atoms with van der Waals surface area (Å²) in [4.78, 5) is 4.28. The minimum atomic E-state index is -0.366. The van der Waals surface area contributed by atoms with Gasteiger partial charge in [0.1, 0.15) is 5.60 Å². The molecule has 5 heteroatoms. The summed E-state index contributed by atoms with van der Waals surface area (Å²) in [6, 6.07) is 0.475. The van der Waals surface area contributed by atoms with Crippen molar-refractivity contribution in [2.45, 2.75) is 38.7 Å². The molecule has 1 aromatic rings. The third kappa shape index (κ3) is 2.12. The molecule has 0 spiro atoms. The molecule has 84 valence electrons. The number of nitrogens with zero attached hydrogens (tertiary/aromatic N) is 2. The summed E-state index contributed by atoms with van der Waals surface area (Å²) >= 11 is 0. The molecule has 1 aromatic heterocycles. The topological polar surface area (TPSA) is 60.2 Å². The second-order valence-corrected chi connectivity index (χ2v) is 3.99. The van der Waals surface area contributed by atoms with Crippen LogP contribution in [0.5, 0.6) is 0 Å². The van der Waals surface area contributed by atoms with Crippen molar-refractivity contribution in [1.82, 2.24) is 10.1 Å². The van der Waals surface area contributed by atoms with E-state index in [1.807, 2.05) is 13.8 Å². The van der Waals surface area contributed by atoms with Crippen LogP contribution < -0.4 is 5.32 Å². The molecule has 15 heavy (non-hydrogen) atoms. The summed E-state index contributed by atoms with van der Waals surface area (Å²) in [5.41, 5.74) is -0.366. The number of nitrogens with one attached hydrogen (secondary N) is 1. The molecule has 0 radical (unpaired) electrons. The maximum absolute atomic E-state index is 5.73. The van der Waals surface area contributed by atoms with E-state index in [9.17, 15) is 0 Å². The lowest BCUT2D eigenvalue weighted by Crippen LogP contribution is -2.31. The van der Waals surface area contributed by atoms with Crippen molar-refractivity contribution >= 4 is 6.01 Å².